The van der Waals surface area contributed by atoms with Gasteiger partial charge in [-0.3, -0.25) is 0 Å². The number of carboxylic acids is 1. The highest BCUT2D eigenvalue weighted by Crippen LogP contribution is 2.32. The van der Waals surface area contributed by atoms with E-state index < -0.39 is 5.97 Å². The molecule has 2 saturated heterocycles. The number of carboxylic acid groups (broad SMARTS) is 1. The van der Waals surface area contributed by atoms with Gasteiger partial charge in [-0.1, -0.05) is 0 Å². The molecular formula is C24H27N5O4S. The molecule has 0 aliphatic carbocycles. The van der Waals surface area contributed by atoms with Gasteiger partial charge in [-0.2, -0.15) is 21.7 Å². The smallest absolute Gasteiger partial charge is 0.339 e. The maximum Gasteiger partial charge on any atom is 0.339 e. The summed E-state index contributed by atoms with van der Waals surface area (Å²) in [4.78, 5) is 30.9. The average molecular weight is 482 g/mol. The molecule has 1 N–H and O–H groups in total. The fraction of sp³-hybridized carbons (Fsp3) is 0.417. The van der Waals surface area contributed by atoms with E-state index in [4.69, 9.17) is 24.4 Å². The number of nitrogens with zero attached hydrogens (tertiary/aromatic N) is 5. The van der Waals surface area contributed by atoms with Crippen LogP contribution in [0.2, 0.25) is 0 Å². The summed E-state index contributed by atoms with van der Waals surface area (Å²) in [6.45, 7) is 5.99. The highest BCUT2D eigenvalue weighted by atomic mass is 32.2. The topological polar surface area (TPSA) is 101 Å². The first kappa shape index (κ1) is 22.7. The van der Waals surface area contributed by atoms with Crippen LogP contribution in [0.5, 0.6) is 5.75 Å². The van der Waals surface area contributed by atoms with E-state index in [0.717, 1.165) is 42.3 Å². The fourth-order valence-corrected chi connectivity index (χ4v) is 5.25. The van der Waals surface area contributed by atoms with Crippen LogP contribution in [0, 0.1) is 0 Å². The summed E-state index contributed by atoms with van der Waals surface area (Å²) in [6, 6.07) is 9.12. The minimum absolute atomic E-state index is 0.0962. The van der Waals surface area contributed by atoms with E-state index in [1.54, 1.807) is 12.1 Å². The molecule has 9 nitrogen and oxygen atoms in total. The van der Waals surface area contributed by atoms with E-state index in [1.165, 1.54) is 7.11 Å². The van der Waals surface area contributed by atoms with Crippen molar-refractivity contribution in [3.63, 3.8) is 0 Å². The van der Waals surface area contributed by atoms with Crippen LogP contribution >= 0.6 is 11.8 Å². The Morgan fingerprint density at radius 1 is 1.15 bits per heavy atom. The number of morpholine rings is 1. The molecule has 0 saturated carbocycles. The lowest BCUT2D eigenvalue weighted by molar-refractivity contribution is 0.0693. The summed E-state index contributed by atoms with van der Waals surface area (Å²) in [7, 11) is 1.46. The van der Waals surface area contributed by atoms with Crippen LogP contribution in [-0.4, -0.2) is 83.5 Å². The quantitative estimate of drug-likeness (QED) is 0.585. The van der Waals surface area contributed by atoms with Gasteiger partial charge >= 0.3 is 5.97 Å². The van der Waals surface area contributed by atoms with E-state index in [-0.39, 0.29) is 11.6 Å². The van der Waals surface area contributed by atoms with Crippen LogP contribution in [0.1, 0.15) is 17.3 Å². The van der Waals surface area contributed by atoms with Crippen molar-refractivity contribution in [2.24, 2.45) is 0 Å². The Balaban J connectivity index is 1.63. The van der Waals surface area contributed by atoms with E-state index >= 15 is 0 Å². The van der Waals surface area contributed by atoms with Crippen molar-refractivity contribution in [3.05, 3.63) is 35.9 Å². The molecule has 10 heteroatoms. The minimum atomic E-state index is -1.05. The maximum absolute atomic E-state index is 11.7. The molecule has 178 valence electrons. The summed E-state index contributed by atoms with van der Waals surface area (Å²) in [6.07, 6.45) is 0. The maximum atomic E-state index is 11.7. The van der Waals surface area contributed by atoms with Crippen LogP contribution in [0.4, 0.5) is 11.8 Å². The Bertz CT molecular complexity index is 1220. The van der Waals surface area contributed by atoms with Crippen molar-refractivity contribution in [1.29, 1.82) is 0 Å². The van der Waals surface area contributed by atoms with Gasteiger partial charge in [-0.25, -0.2) is 9.78 Å². The van der Waals surface area contributed by atoms with E-state index in [2.05, 4.69) is 16.7 Å². The lowest BCUT2D eigenvalue weighted by Gasteiger charge is -2.35. The number of hydrogen-bond donors (Lipinski definition) is 1. The Morgan fingerprint density at radius 2 is 1.97 bits per heavy atom. The third kappa shape index (κ3) is 4.35. The monoisotopic (exact) mass is 481 g/mol. The highest BCUT2D eigenvalue weighted by molar-refractivity contribution is 7.99. The van der Waals surface area contributed by atoms with Gasteiger partial charge < -0.3 is 24.4 Å². The molecule has 5 rings (SSSR count). The zero-order valence-electron chi connectivity index (χ0n) is 19.2. The Hall–Kier alpha value is -3.11. The number of benzene rings is 1. The predicted octanol–water partition coefficient (Wildman–Crippen LogP) is 3.18. The van der Waals surface area contributed by atoms with Crippen LogP contribution < -0.4 is 14.5 Å². The molecular weight excluding hydrogens is 454 g/mol. The molecule has 0 unspecified atom stereocenters. The van der Waals surface area contributed by atoms with E-state index in [9.17, 15) is 9.90 Å². The zero-order valence-corrected chi connectivity index (χ0v) is 20.0. The van der Waals surface area contributed by atoms with Gasteiger partial charge in [0.1, 0.15) is 17.1 Å². The standard InChI is InChI=1S/C24H27N5O4S/c1-15-14-33-10-7-29(15)22-17-4-5-19(16-3-6-20(32-2)18(13-16)23(30)31)25-21(17)26-24(27-22)28-8-11-34-12-9-28/h3-6,13,15H,7-12,14H2,1-2H3,(H,30,31)/t15-/m0/s1. The van der Waals surface area contributed by atoms with Crippen molar-refractivity contribution < 1.29 is 19.4 Å². The third-order valence-corrected chi connectivity index (χ3v) is 7.13. The number of hydrogen-bond acceptors (Lipinski definition) is 9. The first-order valence-corrected chi connectivity index (χ1v) is 12.5. The second-order valence-corrected chi connectivity index (χ2v) is 9.58. The molecule has 2 aliphatic heterocycles. The lowest BCUT2D eigenvalue weighted by atomic mass is 10.1. The molecule has 4 heterocycles. The molecule has 3 aromatic rings. The lowest BCUT2D eigenvalue weighted by Crippen LogP contribution is -2.44. The van der Waals surface area contributed by atoms with Crippen molar-refractivity contribution in [3.8, 4) is 17.0 Å². The number of anilines is 2. The Morgan fingerprint density at radius 3 is 2.71 bits per heavy atom. The van der Waals surface area contributed by atoms with Crippen LogP contribution in [0.25, 0.3) is 22.3 Å². The van der Waals surface area contributed by atoms with Crippen LogP contribution in [0.3, 0.4) is 0 Å². The number of aromatic carboxylic acids is 1. The number of thioether (sulfide) groups is 1. The summed E-state index contributed by atoms with van der Waals surface area (Å²) in [5, 5.41) is 10.5. The van der Waals surface area contributed by atoms with E-state index in [1.807, 2.05) is 30.0 Å². The molecule has 1 aromatic carbocycles. The zero-order chi connectivity index (χ0) is 23.7. The normalized spacial score (nSPS) is 18.8. The molecule has 1 atom stereocenters. The fourth-order valence-electron chi connectivity index (χ4n) is 4.34. The number of pyridine rings is 1. The number of carbonyl (C=O) groups is 1. The molecule has 2 aromatic heterocycles. The molecule has 0 bridgehead atoms. The van der Waals surface area contributed by atoms with Gasteiger partial charge in [0.05, 0.1) is 37.4 Å². The minimum Gasteiger partial charge on any atom is -0.496 e. The van der Waals surface area contributed by atoms with Crippen LogP contribution in [0.15, 0.2) is 30.3 Å². The second-order valence-electron chi connectivity index (χ2n) is 8.35. The number of aromatic nitrogens is 3. The van der Waals surface area contributed by atoms with Gasteiger partial charge in [-0.05, 0) is 37.3 Å². The molecule has 2 aliphatic rings. The van der Waals surface area contributed by atoms with Gasteiger partial charge in [0, 0.05) is 36.7 Å². The van der Waals surface area contributed by atoms with Gasteiger partial charge in [0.25, 0.3) is 0 Å². The number of ether oxygens (including phenoxy) is 2. The predicted molar refractivity (Wildman–Crippen MR) is 133 cm³/mol. The van der Waals surface area contributed by atoms with E-state index in [0.29, 0.717) is 41.8 Å². The van der Waals surface area contributed by atoms with Gasteiger partial charge in [-0.15, -0.1) is 0 Å². The average Bonchev–Trinajstić information content (AvgIpc) is 2.88. The molecule has 0 radical (unpaired) electrons. The number of rotatable bonds is 5. The largest absolute Gasteiger partial charge is 0.496 e. The first-order valence-electron chi connectivity index (χ1n) is 11.3. The van der Waals surface area contributed by atoms with Crippen molar-refractivity contribution >= 4 is 40.5 Å². The third-order valence-electron chi connectivity index (χ3n) is 6.19. The second kappa shape index (κ2) is 9.63. The van der Waals surface area contributed by atoms with Gasteiger partial charge in [0.15, 0.2) is 5.65 Å². The van der Waals surface area contributed by atoms with Crippen molar-refractivity contribution in [2.45, 2.75) is 13.0 Å². The number of fused-ring (bicyclic) bond motifs is 1. The first-order chi connectivity index (χ1) is 16.5. The Labute approximate surface area is 202 Å². The SMILES string of the molecule is COc1ccc(-c2ccc3c(N4CCOC[C@@H]4C)nc(N4CCSCC4)nc3n2)cc1C(=O)O. The Kier molecular flexibility index (Phi) is 6.42. The van der Waals surface area contributed by atoms with Gasteiger partial charge in [0.2, 0.25) is 5.95 Å². The van der Waals surface area contributed by atoms with Crippen LogP contribution in [-0.2, 0) is 4.74 Å². The molecule has 2 fully saturated rings. The molecule has 0 spiro atoms. The summed E-state index contributed by atoms with van der Waals surface area (Å²) in [5.41, 5.74) is 2.04. The summed E-state index contributed by atoms with van der Waals surface area (Å²) >= 11 is 1.94. The van der Waals surface area contributed by atoms with Crippen molar-refractivity contribution in [1.82, 2.24) is 15.0 Å². The van der Waals surface area contributed by atoms with Crippen molar-refractivity contribution in [2.75, 3.05) is 61.3 Å². The number of methoxy groups -OCH3 is 1. The summed E-state index contributed by atoms with van der Waals surface area (Å²) < 4.78 is 10.8. The molecule has 34 heavy (non-hydrogen) atoms. The summed E-state index contributed by atoms with van der Waals surface area (Å²) in [5.74, 6) is 2.91. The highest BCUT2D eigenvalue weighted by Gasteiger charge is 2.25. The molecule has 0 amide bonds.